The van der Waals surface area contributed by atoms with E-state index in [4.69, 9.17) is 14.2 Å². The molecule has 1 heterocycles. The number of esters is 1. The zero-order valence-electron chi connectivity index (χ0n) is 20.9. The molecule has 0 saturated carbocycles. The van der Waals surface area contributed by atoms with Crippen molar-refractivity contribution in [3.05, 3.63) is 144 Å². The van der Waals surface area contributed by atoms with Crippen LogP contribution in [0.4, 0.5) is 8.78 Å². The highest BCUT2D eigenvalue weighted by atomic mass is 19.3. The summed E-state index contributed by atoms with van der Waals surface area (Å²) in [5.74, 6) is -4.23. The quantitative estimate of drug-likeness (QED) is 0.195. The second-order valence-electron chi connectivity index (χ2n) is 9.27. The van der Waals surface area contributed by atoms with Crippen LogP contribution in [0.5, 0.6) is 0 Å². The Bertz CT molecular complexity index is 1230. The highest BCUT2D eigenvalue weighted by Gasteiger charge is 2.60. The van der Waals surface area contributed by atoms with Crippen LogP contribution in [-0.2, 0) is 19.8 Å². The van der Waals surface area contributed by atoms with Gasteiger partial charge in [-0.15, -0.1) is 0 Å². The minimum atomic E-state index is -3.40. The summed E-state index contributed by atoms with van der Waals surface area (Å²) in [6.45, 7) is 1.04. The van der Waals surface area contributed by atoms with Crippen molar-refractivity contribution in [3.8, 4) is 0 Å². The summed E-state index contributed by atoms with van der Waals surface area (Å²) < 4.78 is 48.3. The first-order chi connectivity index (χ1) is 18.4. The van der Waals surface area contributed by atoms with Crippen molar-refractivity contribution in [1.29, 1.82) is 0 Å². The summed E-state index contributed by atoms with van der Waals surface area (Å²) in [7, 11) is 0. The molecule has 1 aliphatic rings. The molecule has 1 fully saturated rings. The number of carbonyl (C=O) groups is 1. The molecule has 4 aromatic carbocycles. The average Bonchev–Trinajstić information content (AvgIpc) is 3.18. The summed E-state index contributed by atoms with van der Waals surface area (Å²) in [5, 5.41) is 0. The Balaban J connectivity index is 1.52. The van der Waals surface area contributed by atoms with Crippen LogP contribution >= 0.6 is 0 Å². The van der Waals surface area contributed by atoms with Crippen LogP contribution in [0.1, 0.15) is 34.0 Å². The van der Waals surface area contributed by atoms with Gasteiger partial charge in [-0.1, -0.05) is 109 Å². The maximum Gasteiger partial charge on any atom is 0.338 e. The maximum absolute atomic E-state index is 15.3. The van der Waals surface area contributed by atoms with Gasteiger partial charge < -0.3 is 14.2 Å². The summed E-state index contributed by atoms with van der Waals surface area (Å²) in [6.07, 6.45) is -4.46. The molecule has 1 unspecified atom stereocenters. The van der Waals surface area contributed by atoms with Crippen molar-refractivity contribution < 1.29 is 27.8 Å². The molecule has 0 aliphatic carbocycles. The Morgan fingerprint density at radius 2 is 1.18 bits per heavy atom. The lowest BCUT2D eigenvalue weighted by molar-refractivity contribution is -0.114. The lowest BCUT2D eigenvalue weighted by atomic mass is 9.80. The molecule has 6 heteroatoms. The van der Waals surface area contributed by atoms with Crippen LogP contribution in [0.25, 0.3) is 0 Å². The summed E-state index contributed by atoms with van der Waals surface area (Å²) in [5.41, 5.74) is 1.55. The van der Waals surface area contributed by atoms with Crippen molar-refractivity contribution in [1.82, 2.24) is 0 Å². The molecule has 0 aromatic heterocycles. The zero-order valence-corrected chi connectivity index (χ0v) is 20.9. The van der Waals surface area contributed by atoms with Crippen molar-refractivity contribution in [2.45, 2.75) is 36.8 Å². The van der Waals surface area contributed by atoms with E-state index in [0.29, 0.717) is 0 Å². The first-order valence-corrected chi connectivity index (χ1v) is 12.5. The molecule has 3 atom stereocenters. The van der Waals surface area contributed by atoms with Gasteiger partial charge in [0.25, 0.3) is 0 Å². The maximum atomic E-state index is 15.3. The molecule has 1 aliphatic heterocycles. The molecule has 0 spiro atoms. The number of carbonyl (C=O) groups excluding carboxylic acids is 1. The third-order valence-corrected chi connectivity index (χ3v) is 6.89. The normalized spacial score (nSPS) is 20.7. The van der Waals surface area contributed by atoms with Crippen LogP contribution < -0.4 is 0 Å². The third kappa shape index (κ3) is 4.85. The number of halogens is 2. The van der Waals surface area contributed by atoms with Crippen LogP contribution in [0.15, 0.2) is 121 Å². The Labute approximate surface area is 220 Å². The first kappa shape index (κ1) is 25.8. The Kier molecular flexibility index (Phi) is 7.36. The number of benzene rings is 4. The van der Waals surface area contributed by atoms with Gasteiger partial charge in [-0.2, -0.15) is 8.78 Å². The molecule has 0 N–H and O–H groups in total. The highest BCUT2D eigenvalue weighted by molar-refractivity contribution is 5.89. The number of rotatable bonds is 8. The fraction of sp³-hybridized carbons (Fsp3) is 0.219. The van der Waals surface area contributed by atoms with E-state index in [-0.39, 0.29) is 12.2 Å². The lowest BCUT2D eigenvalue weighted by Gasteiger charge is -2.37. The minimum Gasteiger partial charge on any atom is -0.449 e. The van der Waals surface area contributed by atoms with Gasteiger partial charge in [0.05, 0.1) is 12.2 Å². The predicted molar refractivity (Wildman–Crippen MR) is 140 cm³/mol. The molecule has 0 radical (unpaired) electrons. The molecule has 0 bridgehead atoms. The minimum absolute atomic E-state index is 0.190. The molecule has 4 nitrogen and oxygen atoms in total. The largest absolute Gasteiger partial charge is 0.449 e. The Hall–Kier alpha value is -3.87. The monoisotopic (exact) mass is 514 g/mol. The van der Waals surface area contributed by atoms with Crippen molar-refractivity contribution in [3.63, 3.8) is 0 Å². The van der Waals surface area contributed by atoms with Gasteiger partial charge in [-0.25, -0.2) is 4.79 Å². The van der Waals surface area contributed by atoms with Crippen LogP contribution in [0.3, 0.4) is 0 Å². The van der Waals surface area contributed by atoms with Crippen molar-refractivity contribution in [2.24, 2.45) is 0 Å². The SMILES string of the molecule is CC1O[C@H](COC(c2ccccc2)(c2ccccc2)c2ccccc2)[C@H](OC(=O)c2ccccc2)C1(F)F. The first-order valence-electron chi connectivity index (χ1n) is 12.5. The lowest BCUT2D eigenvalue weighted by Crippen LogP contribution is -2.45. The van der Waals surface area contributed by atoms with Crippen molar-refractivity contribution >= 4 is 5.97 Å². The molecule has 1 saturated heterocycles. The van der Waals surface area contributed by atoms with E-state index >= 15 is 8.78 Å². The van der Waals surface area contributed by atoms with E-state index in [0.717, 1.165) is 16.7 Å². The van der Waals surface area contributed by atoms with Crippen molar-refractivity contribution in [2.75, 3.05) is 6.61 Å². The van der Waals surface area contributed by atoms with Gasteiger partial charge in [0.15, 0.2) is 6.10 Å². The van der Waals surface area contributed by atoms with Gasteiger partial charge in [0, 0.05) is 0 Å². The highest BCUT2D eigenvalue weighted by Crippen LogP contribution is 2.43. The molecule has 0 amide bonds. The van der Waals surface area contributed by atoms with Gasteiger partial charge in [0.1, 0.15) is 17.8 Å². The number of alkyl halides is 2. The molecule has 4 aromatic rings. The van der Waals surface area contributed by atoms with E-state index in [1.807, 2.05) is 91.0 Å². The second kappa shape index (κ2) is 10.9. The number of hydrogen-bond acceptors (Lipinski definition) is 4. The zero-order chi connectivity index (χ0) is 26.6. The summed E-state index contributed by atoms with van der Waals surface area (Å²) >= 11 is 0. The van der Waals surface area contributed by atoms with E-state index in [2.05, 4.69) is 0 Å². The summed E-state index contributed by atoms with van der Waals surface area (Å²) in [4.78, 5) is 12.8. The predicted octanol–water partition coefficient (Wildman–Crippen LogP) is 6.64. The standard InChI is InChI=1S/C32H28F2O4/c1-23-32(33,34)29(38-30(35)24-14-6-2-7-15-24)28(37-23)22-36-31(25-16-8-3-9-17-25,26-18-10-4-11-19-26)27-20-12-5-13-21-27/h2-21,23,28-29H,22H2,1H3/t23?,28-,29+/m1/s1. The third-order valence-electron chi connectivity index (χ3n) is 6.89. The second-order valence-corrected chi connectivity index (χ2v) is 9.27. The van der Waals surface area contributed by atoms with Gasteiger partial charge in [0.2, 0.25) is 0 Å². The van der Waals surface area contributed by atoms with E-state index in [1.165, 1.54) is 19.1 Å². The molecule has 38 heavy (non-hydrogen) atoms. The van der Waals surface area contributed by atoms with Crippen LogP contribution in [0.2, 0.25) is 0 Å². The number of hydrogen-bond donors (Lipinski definition) is 0. The molecular weight excluding hydrogens is 486 g/mol. The van der Waals surface area contributed by atoms with Gasteiger partial charge in [-0.3, -0.25) is 0 Å². The fourth-order valence-corrected chi connectivity index (χ4v) is 4.92. The molecular formula is C32H28F2O4. The van der Waals surface area contributed by atoms with Gasteiger partial charge in [-0.05, 0) is 35.7 Å². The molecule has 5 rings (SSSR count). The van der Waals surface area contributed by atoms with E-state index < -0.39 is 35.8 Å². The average molecular weight is 515 g/mol. The van der Waals surface area contributed by atoms with Crippen LogP contribution in [0, 0.1) is 0 Å². The van der Waals surface area contributed by atoms with Gasteiger partial charge >= 0.3 is 11.9 Å². The Morgan fingerprint density at radius 1 is 0.763 bits per heavy atom. The molecule has 194 valence electrons. The topological polar surface area (TPSA) is 44.8 Å². The van der Waals surface area contributed by atoms with E-state index in [9.17, 15) is 4.79 Å². The Morgan fingerprint density at radius 3 is 1.63 bits per heavy atom. The number of ether oxygens (including phenoxy) is 3. The van der Waals surface area contributed by atoms with E-state index in [1.54, 1.807) is 18.2 Å². The summed E-state index contributed by atoms with van der Waals surface area (Å²) in [6, 6.07) is 36.9. The smallest absolute Gasteiger partial charge is 0.338 e. The van der Waals surface area contributed by atoms with Crippen LogP contribution in [-0.4, -0.2) is 36.8 Å². The fourth-order valence-electron chi connectivity index (χ4n) is 4.92.